The number of fused-ring (bicyclic) bond motifs is 7. The Bertz CT molecular complexity index is 1400. The van der Waals surface area contributed by atoms with Crippen molar-refractivity contribution < 1.29 is 23.8 Å². The van der Waals surface area contributed by atoms with Gasteiger partial charge in [0.2, 0.25) is 0 Å². The van der Waals surface area contributed by atoms with E-state index in [0.29, 0.717) is 25.7 Å². The van der Waals surface area contributed by atoms with Gasteiger partial charge in [0.05, 0.1) is 29.8 Å². The van der Waals surface area contributed by atoms with Crippen molar-refractivity contribution in [1.82, 2.24) is 0 Å². The predicted molar refractivity (Wildman–Crippen MR) is 165 cm³/mol. The fraction of sp³-hybridized carbons (Fsp3) is 0.556. The first-order valence-corrected chi connectivity index (χ1v) is 16.6. The van der Waals surface area contributed by atoms with Crippen molar-refractivity contribution in [3.63, 3.8) is 0 Å². The molecule has 0 bridgehead atoms. The first-order chi connectivity index (χ1) is 20.5. The monoisotopic (exact) mass is 586 g/mol. The van der Waals surface area contributed by atoms with E-state index in [9.17, 15) is 9.59 Å². The highest BCUT2D eigenvalue weighted by Gasteiger charge is 2.80. The normalized spacial score (nSPS) is 27.5. The zero-order valence-corrected chi connectivity index (χ0v) is 26.0. The van der Waals surface area contributed by atoms with E-state index in [1.54, 1.807) is 11.1 Å². The van der Waals surface area contributed by atoms with E-state index in [4.69, 9.17) is 14.2 Å². The average Bonchev–Trinajstić information content (AvgIpc) is 3.61. The van der Waals surface area contributed by atoms with Crippen LogP contribution in [0.3, 0.4) is 0 Å². The molecule has 42 heavy (non-hydrogen) atoms. The molecule has 5 nitrogen and oxygen atoms in total. The van der Waals surface area contributed by atoms with Crippen LogP contribution in [-0.2, 0) is 47.8 Å². The minimum atomic E-state index is -0.434. The summed E-state index contributed by atoms with van der Waals surface area (Å²) in [5.74, 6) is -0.408. The summed E-state index contributed by atoms with van der Waals surface area (Å²) in [7, 11) is 4.83. The van der Waals surface area contributed by atoms with Crippen molar-refractivity contribution in [2.24, 2.45) is 5.41 Å². The van der Waals surface area contributed by atoms with Crippen LogP contribution in [0, 0.1) is 5.41 Å². The van der Waals surface area contributed by atoms with Gasteiger partial charge in [-0.15, -0.1) is 11.8 Å². The zero-order valence-electron chi connectivity index (χ0n) is 25.2. The van der Waals surface area contributed by atoms with E-state index >= 15 is 0 Å². The number of carbonyl (C=O) groups is 2. The van der Waals surface area contributed by atoms with E-state index < -0.39 is 5.41 Å². The minimum Gasteiger partial charge on any atom is -0.469 e. The molecule has 6 aliphatic rings. The molecule has 222 valence electrons. The lowest BCUT2D eigenvalue weighted by molar-refractivity contribution is -0.141. The summed E-state index contributed by atoms with van der Waals surface area (Å²) < 4.78 is 16.5. The summed E-state index contributed by atoms with van der Waals surface area (Å²) in [5, 5.41) is 0. The van der Waals surface area contributed by atoms with Crippen LogP contribution in [0.5, 0.6) is 0 Å². The van der Waals surface area contributed by atoms with Gasteiger partial charge in [0.1, 0.15) is 0 Å². The number of hydrogen-bond donors (Lipinski definition) is 0. The van der Waals surface area contributed by atoms with Gasteiger partial charge < -0.3 is 14.2 Å². The lowest BCUT2D eigenvalue weighted by atomic mass is 9.54. The van der Waals surface area contributed by atoms with E-state index in [1.807, 2.05) is 7.11 Å². The Morgan fingerprint density at radius 1 is 0.833 bits per heavy atom. The van der Waals surface area contributed by atoms with Crippen molar-refractivity contribution in [3.05, 3.63) is 81.0 Å². The van der Waals surface area contributed by atoms with Crippen molar-refractivity contribution in [2.45, 2.75) is 99.1 Å². The van der Waals surface area contributed by atoms with Crippen LogP contribution in [0.25, 0.3) is 0 Å². The summed E-state index contributed by atoms with van der Waals surface area (Å²) >= 11 is 2.16. The third-order valence-electron chi connectivity index (χ3n) is 11.1. The lowest BCUT2D eigenvalue weighted by Crippen LogP contribution is -2.45. The van der Waals surface area contributed by atoms with Crippen molar-refractivity contribution in [2.75, 3.05) is 21.3 Å². The second-order valence-corrected chi connectivity index (χ2v) is 14.3. The molecule has 1 aromatic carbocycles. The Morgan fingerprint density at radius 3 is 2.02 bits per heavy atom. The summed E-state index contributed by atoms with van der Waals surface area (Å²) in [6.45, 7) is 0. The molecule has 7 rings (SSSR count). The van der Waals surface area contributed by atoms with E-state index in [2.05, 4.69) is 48.2 Å². The zero-order chi connectivity index (χ0) is 29.1. The van der Waals surface area contributed by atoms with Gasteiger partial charge in [0, 0.05) is 31.8 Å². The fourth-order valence-electron chi connectivity index (χ4n) is 9.35. The third-order valence-corrected chi connectivity index (χ3v) is 13.1. The molecule has 5 aliphatic carbocycles. The number of ether oxygens (including phenoxy) is 3. The molecular weight excluding hydrogens is 544 g/mol. The molecule has 0 radical (unpaired) electrons. The van der Waals surface area contributed by atoms with E-state index in [0.717, 1.165) is 38.5 Å². The SMILES string of the molecule is COC(=O)CCC1(CCC(=O)OC)C2=C(CCC=C2)C2(S[C@@]23c2c(ccc4c2CCCC4)C[C@@H]3OC)C2=C1C=CCC2. The second-order valence-electron chi connectivity index (χ2n) is 12.8. The first kappa shape index (κ1) is 28.2. The molecule has 0 saturated carbocycles. The Hall–Kier alpha value is -2.57. The van der Waals surface area contributed by atoms with Gasteiger partial charge in [-0.05, 0) is 109 Å². The number of methoxy groups -OCH3 is 3. The second kappa shape index (κ2) is 10.6. The van der Waals surface area contributed by atoms with Crippen molar-refractivity contribution in [3.8, 4) is 0 Å². The highest BCUT2D eigenvalue weighted by molar-refractivity contribution is 8.09. The van der Waals surface area contributed by atoms with Crippen molar-refractivity contribution in [1.29, 1.82) is 0 Å². The first-order valence-electron chi connectivity index (χ1n) is 15.8. The van der Waals surface area contributed by atoms with Gasteiger partial charge in [0.25, 0.3) is 0 Å². The Morgan fingerprint density at radius 2 is 1.43 bits per heavy atom. The Balaban J connectivity index is 1.46. The van der Waals surface area contributed by atoms with E-state index in [-0.39, 0.29) is 27.5 Å². The maximum absolute atomic E-state index is 12.6. The van der Waals surface area contributed by atoms with Gasteiger partial charge >= 0.3 is 11.9 Å². The maximum atomic E-state index is 12.6. The Kier molecular flexibility index (Phi) is 7.09. The number of thioether (sulfide) groups is 1. The minimum absolute atomic E-state index is 0.114. The van der Waals surface area contributed by atoms with Crippen LogP contribution in [0.2, 0.25) is 0 Å². The average molecular weight is 587 g/mol. The van der Waals surface area contributed by atoms with Crippen LogP contribution < -0.4 is 0 Å². The number of allylic oxidation sites excluding steroid dienone is 6. The molecule has 0 amide bonds. The van der Waals surface area contributed by atoms with Crippen LogP contribution >= 0.6 is 11.8 Å². The molecule has 1 heterocycles. The summed E-state index contributed by atoms with van der Waals surface area (Å²) in [4.78, 5) is 25.2. The van der Waals surface area contributed by atoms with Crippen molar-refractivity contribution >= 4 is 23.7 Å². The highest BCUT2D eigenvalue weighted by Crippen LogP contribution is 2.84. The summed E-state index contributed by atoms with van der Waals surface area (Å²) in [6.07, 6.45) is 21.1. The number of esters is 2. The van der Waals surface area contributed by atoms with Gasteiger partial charge in [0.15, 0.2) is 0 Å². The highest BCUT2D eigenvalue weighted by atomic mass is 32.2. The number of rotatable bonds is 7. The molecule has 1 saturated heterocycles. The lowest BCUT2D eigenvalue weighted by Gasteiger charge is -2.49. The van der Waals surface area contributed by atoms with Crippen LogP contribution in [0.1, 0.15) is 86.5 Å². The molecule has 0 aromatic heterocycles. The molecule has 6 heteroatoms. The topological polar surface area (TPSA) is 61.8 Å². The standard InChI is InChI=1S/C36H42O5S/c1-39-30-22-24-17-16-23-10-4-5-11-25(23)33(24)36(30)35(42-36)28-14-8-6-12-26(28)34(20-18-31(37)40-2,21-19-32(38)41-3)27-13-7-9-15-29(27)35/h6-7,12-13,16-17,30H,4-5,8-11,14-15,18-22H2,1-3H3/t30-,36-/m0/s1. The largest absolute Gasteiger partial charge is 0.469 e. The number of carbonyl (C=O) groups excluding carboxylic acids is 2. The molecule has 1 fully saturated rings. The smallest absolute Gasteiger partial charge is 0.305 e. The molecule has 2 spiro atoms. The summed E-state index contributed by atoms with van der Waals surface area (Å²) in [5.41, 5.74) is 11.4. The quantitative estimate of drug-likeness (QED) is 0.253. The summed E-state index contributed by atoms with van der Waals surface area (Å²) in [6, 6.07) is 4.80. The maximum Gasteiger partial charge on any atom is 0.305 e. The van der Waals surface area contributed by atoms with E-state index in [1.165, 1.54) is 66.9 Å². The fourth-order valence-corrected chi connectivity index (χ4v) is 11.6. The number of hydrogen-bond acceptors (Lipinski definition) is 6. The molecule has 0 N–H and O–H groups in total. The van der Waals surface area contributed by atoms with Gasteiger partial charge in [-0.1, -0.05) is 36.4 Å². The van der Waals surface area contributed by atoms with Crippen LogP contribution in [-0.4, -0.2) is 44.1 Å². The van der Waals surface area contributed by atoms with Crippen LogP contribution in [0.15, 0.2) is 58.7 Å². The van der Waals surface area contributed by atoms with Gasteiger partial charge in [-0.2, -0.15) is 0 Å². The molecule has 2 atom stereocenters. The van der Waals surface area contributed by atoms with Gasteiger partial charge in [-0.3, -0.25) is 9.59 Å². The van der Waals surface area contributed by atoms with Gasteiger partial charge in [-0.25, -0.2) is 0 Å². The molecular formula is C36H42O5S. The Labute approximate surface area is 253 Å². The van der Waals surface area contributed by atoms with Crippen LogP contribution in [0.4, 0.5) is 0 Å². The predicted octanol–water partition coefficient (Wildman–Crippen LogP) is 7.02. The molecule has 0 unspecified atom stereocenters. The number of benzene rings is 1. The molecule has 1 aliphatic heterocycles. The third kappa shape index (κ3) is 3.79. The number of aryl methyl sites for hydroxylation is 1. The molecule has 1 aromatic rings.